The molecule has 1 aliphatic carbocycles. The van der Waals surface area contributed by atoms with Gasteiger partial charge in [0.2, 0.25) is 0 Å². The van der Waals surface area contributed by atoms with E-state index in [1.807, 2.05) is 35.2 Å². The number of carbonyl (C=O) groups is 2. The first-order chi connectivity index (χ1) is 17.4. The van der Waals surface area contributed by atoms with Crippen LogP contribution in [-0.2, 0) is 20.8 Å². The Morgan fingerprint density at radius 3 is 2.63 bits per heavy atom. The van der Waals surface area contributed by atoms with Crippen molar-refractivity contribution in [3.63, 3.8) is 0 Å². The summed E-state index contributed by atoms with van der Waals surface area (Å²) in [5.74, 6) is -0.0914. The molecule has 0 spiro atoms. The van der Waals surface area contributed by atoms with Gasteiger partial charge in [-0.15, -0.1) is 0 Å². The molecule has 35 heavy (non-hydrogen) atoms. The highest BCUT2D eigenvalue weighted by Crippen LogP contribution is 2.33. The first-order valence-electron chi connectivity index (χ1n) is 12.9. The minimum Gasteiger partial charge on any atom is -0.444 e. The number of carbonyl (C=O) groups excluding carboxylic acids is 2. The molecule has 184 valence electrons. The van der Waals surface area contributed by atoms with Crippen molar-refractivity contribution in [3.05, 3.63) is 66.4 Å². The van der Waals surface area contributed by atoms with E-state index in [0.717, 1.165) is 35.0 Å². The van der Waals surface area contributed by atoms with Crippen LogP contribution in [0, 0.1) is 0 Å². The average molecular weight is 477 g/mol. The summed E-state index contributed by atoms with van der Waals surface area (Å²) in [7, 11) is 0. The molecular formula is C28H33N3O4. The predicted octanol–water partition coefficient (Wildman–Crippen LogP) is 4.76. The van der Waals surface area contributed by atoms with Gasteiger partial charge in [0, 0.05) is 37.8 Å². The monoisotopic (exact) mass is 476 g/mol. The van der Waals surface area contributed by atoms with Gasteiger partial charge >= 0.3 is 6.09 Å². The van der Waals surface area contributed by atoms with Gasteiger partial charge in [-0.05, 0) is 57.4 Å². The quantitative estimate of drug-likeness (QED) is 0.533. The Morgan fingerprint density at radius 2 is 1.89 bits per heavy atom. The van der Waals surface area contributed by atoms with E-state index in [-0.39, 0.29) is 32.0 Å². The SMILES string of the molecule is [2H]CC(C)(C)OC(=O)N1CCOC(C(=O)N(Cc2cn(-c3ccccc3)c3ccccc23)C2CC2)C1. The summed E-state index contributed by atoms with van der Waals surface area (Å²) >= 11 is 0. The fourth-order valence-electron chi connectivity index (χ4n) is 4.59. The number of rotatable bonds is 5. The number of aromatic nitrogens is 1. The van der Waals surface area contributed by atoms with E-state index in [0.29, 0.717) is 13.1 Å². The third-order valence-corrected chi connectivity index (χ3v) is 6.40. The van der Waals surface area contributed by atoms with Crippen molar-refractivity contribution >= 4 is 22.9 Å². The lowest BCUT2D eigenvalue weighted by Gasteiger charge is -2.35. The third-order valence-electron chi connectivity index (χ3n) is 6.40. The molecule has 1 atom stereocenters. The van der Waals surface area contributed by atoms with Crippen LogP contribution in [0.5, 0.6) is 0 Å². The Morgan fingerprint density at radius 1 is 1.14 bits per heavy atom. The highest BCUT2D eigenvalue weighted by Gasteiger charge is 2.39. The number of benzene rings is 2. The molecule has 1 aliphatic heterocycles. The van der Waals surface area contributed by atoms with Gasteiger partial charge in [-0.1, -0.05) is 36.4 Å². The van der Waals surface area contributed by atoms with Crippen LogP contribution in [-0.4, -0.2) is 63.8 Å². The first-order valence-corrected chi connectivity index (χ1v) is 12.2. The number of fused-ring (bicyclic) bond motifs is 1. The number of morpholine rings is 1. The molecule has 2 aromatic carbocycles. The summed E-state index contributed by atoms with van der Waals surface area (Å²) < 4.78 is 21.1. The van der Waals surface area contributed by atoms with E-state index in [4.69, 9.17) is 10.8 Å². The van der Waals surface area contributed by atoms with Crippen molar-refractivity contribution in [2.24, 2.45) is 0 Å². The Hall–Kier alpha value is -3.32. The van der Waals surface area contributed by atoms with Gasteiger partial charge in [0.15, 0.2) is 6.10 Å². The Balaban J connectivity index is 1.36. The molecule has 0 radical (unpaired) electrons. The number of hydrogen-bond acceptors (Lipinski definition) is 4. The van der Waals surface area contributed by atoms with Crippen molar-refractivity contribution in [1.29, 1.82) is 0 Å². The van der Waals surface area contributed by atoms with Crippen molar-refractivity contribution in [2.75, 3.05) is 19.7 Å². The van der Waals surface area contributed by atoms with Gasteiger partial charge < -0.3 is 23.8 Å². The molecular weight excluding hydrogens is 442 g/mol. The molecule has 0 bridgehead atoms. The predicted molar refractivity (Wildman–Crippen MR) is 134 cm³/mol. The van der Waals surface area contributed by atoms with Crippen LogP contribution in [0.3, 0.4) is 0 Å². The highest BCUT2D eigenvalue weighted by atomic mass is 16.6. The summed E-state index contributed by atoms with van der Waals surface area (Å²) in [5, 5.41) is 1.12. The van der Waals surface area contributed by atoms with Crippen molar-refractivity contribution < 1.29 is 20.4 Å². The number of amides is 2. The average Bonchev–Trinajstić information content (AvgIpc) is 3.68. The molecule has 3 aromatic rings. The molecule has 1 saturated heterocycles. The van der Waals surface area contributed by atoms with Gasteiger partial charge in [-0.2, -0.15) is 0 Å². The normalized spacial score (nSPS) is 18.9. The molecule has 1 aromatic heterocycles. The van der Waals surface area contributed by atoms with Crippen LogP contribution in [0.15, 0.2) is 60.8 Å². The maximum atomic E-state index is 13.7. The second-order valence-electron chi connectivity index (χ2n) is 10.0. The Kier molecular flexibility index (Phi) is 5.94. The van der Waals surface area contributed by atoms with Crippen molar-refractivity contribution in [1.82, 2.24) is 14.4 Å². The van der Waals surface area contributed by atoms with Crippen LogP contribution in [0.25, 0.3) is 16.6 Å². The maximum Gasteiger partial charge on any atom is 0.410 e. The number of para-hydroxylation sites is 2. The largest absolute Gasteiger partial charge is 0.444 e. The molecule has 2 aliphatic rings. The van der Waals surface area contributed by atoms with E-state index in [2.05, 4.69) is 35.0 Å². The summed E-state index contributed by atoms with van der Waals surface area (Å²) in [4.78, 5) is 29.8. The summed E-state index contributed by atoms with van der Waals surface area (Å²) in [6, 6.07) is 18.6. The van der Waals surface area contributed by atoms with Gasteiger partial charge in [0.05, 0.1) is 18.7 Å². The standard InChI is InChI=1S/C28H33N3O4/c1-28(2,3)35-27(33)29-15-16-34-25(19-29)26(32)31(22-13-14-22)18-20-17-30(21-9-5-4-6-10-21)24-12-8-7-11-23(20)24/h4-12,17,22,25H,13-16,18-19H2,1-3H3/i1D. The Bertz CT molecular complexity index is 1240. The zero-order valence-electron chi connectivity index (χ0n) is 21.4. The van der Waals surface area contributed by atoms with E-state index >= 15 is 0 Å². The van der Waals surface area contributed by atoms with Crippen LogP contribution < -0.4 is 0 Å². The second-order valence-corrected chi connectivity index (χ2v) is 10.0. The van der Waals surface area contributed by atoms with E-state index in [9.17, 15) is 9.59 Å². The third kappa shape index (κ3) is 5.20. The van der Waals surface area contributed by atoms with Crippen LogP contribution in [0.2, 0.25) is 0 Å². The lowest BCUT2D eigenvalue weighted by atomic mass is 10.1. The highest BCUT2D eigenvalue weighted by molar-refractivity contribution is 5.87. The molecule has 5 rings (SSSR count). The fourth-order valence-corrected chi connectivity index (χ4v) is 4.59. The Labute approximate surface area is 207 Å². The zero-order valence-corrected chi connectivity index (χ0v) is 20.4. The van der Waals surface area contributed by atoms with Crippen molar-refractivity contribution in [2.45, 2.75) is 57.9 Å². The second kappa shape index (κ2) is 9.38. The molecule has 2 heterocycles. The maximum absolute atomic E-state index is 13.7. The van der Waals surface area contributed by atoms with Gasteiger partial charge in [-0.3, -0.25) is 4.79 Å². The summed E-state index contributed by atoms with van der Waals surface area (Å²) in [5.41, 5.74) is 2.38. The lowest BCUT2D eigenvalue weighted by Crippen LogP contribution is -2.53. The number of nitrogens with zero attached hydrogens (tertiary/aromatic N) is 3. The fraction of sp³-hybridized carbons (Fsp3) is 0.429. The number of ether oxygens (including phenoxy) is 2. The van der Waals surface area contributed by atoms with Gasteiger partial charge in [0.1, 0.15) is 5.60 Å². The van der Waals surface area contributed by atoms with Crippen molar-refractivity contribution in [3.8, 4) is 5.69 Å². The summed E-state index contributed by atoms with van der Waals surface area (Å²) in [6.45, 7) is 4.67. The lowest BCUT2D eigenvalue weighted by molar-refractivity contribution is -0.150. The minimum atomic E-state index is -0.873. The minimum absolute atomic E-state index is 0.0303. The smallest absolute Gasteiger partial charge is 0.410 e. The molecule has 1 saturated carbocycles. The molecule has 7 nitrogen and oxygen atoms in total. The van der Waals surface area contributed by atoms with E-state index < -0.39 is 17.8 Å². The first kappa shape index (κ1) is 22.2. The molecule has 2 amide bonds. The molecule has 2 fully saturated rings. The zero-order chi connectivity index (χ0) is 25.3. The molecule has 1 unspecified atom stereocenters. The number of hydrogen-bond donors (Lipinski definition) is 0. The summed E-state index contributed by atoms with van der Waals surface area (Å²) in [6.07, 6.45) is 2.83. The topological polar surface area (TPSA) is 64.0 Å². The van der Waals surface area contributed by atoms with Crippen LogP contribution in [0.1, 0.15) is 40.5 Å². The van der Waals surface area contributed by atoms with E-state index in [1.165, 1.54) is 4.90 Å². The van der Waals surface area contributed by atoms with Gasteiger partial charge in [0.25, 0.3) is 5.91 Å². The van der Waals surface area contributed by atoms with Gasteiger partial charge in [-0.25, -0.2) is 4.79 Å². The van der Waals surface area contributed by atoms with Crippen LogP contribution in [0.4, 0.5) is 4.79 Å². The van der Waals surface area contributed by atoms with Crippen LogP contribution >= 0.6 is 0 Å². The molecule has 7 heteroatoms. The molecule has 0 N–H and O–H groups in total. The van der Waals surface area contributed by atoms with E-state index in [1.54, 1.807) is 13.8 Å².